The molecule has 2 aromatic rings. The van der Waals surface area contributed by atoms with E-state index in [0.29, 0.717) is 5.56 Å². The Kier molecular flexibility index (Phi) is 2.91. The van der Waals surface area contributed by atoms with Crippen molar-refractivity contribution in [2.45, 2.75) is 6.92 Å². The van der Waals surface area contributed by atoms with Crippen molar-refractivity contribution in [1.82, 2.24) is 0 Å². The first-order chi connectivity index (χ1) is 8.06. The van der Waals surface area contributed by atoms with E-state index >= 15 is 0 Å². The molecule has 0 unspecified atom stereocenters. The maximum atomic E-state index is 13.1. The fraction of sp³-hybridized carbons (Fsp3) is 0.0714. The van der Waals surface area contributed by atoms with Gasteiger partial charge in [0.1, 0.15) is 5.82 Å². The van der Waals surface area contributed by atoms with Crippen molar-refractivity contribution in [3.63, 3.8) is 0 Å². The number of carbonyl (C=O) groups is 1. The number of amides is 1. The van der Waals surface area contributed by atoms with Crippen LogP contribution in [0.5, 0.6) is 0 Å². The molecule has 2 N–H and O–H groups in total. The van der Waals surface area contributed by atoms with E-state index in [1.54, 1.807) is 24.3 Å². The molecule has 0 radical (unpaired) electrons. The van der Waals surface area contributed by atoms with Crippen LogP contribution in [0.15, 0.2) is 42.5 Å². The molecule has 17 heavy (non-hydrogen) atoms. The monoisotopic (exact) mass is 229 g/mol. The van der Waals surface area contributed by atoms with E-state index in [4.69, 9.17) is 5.73 Å². The summed E-state index contributed by atoms with van der Waals surface area (Å²) in [6, 6.07) is 11.5. The molecule has 3 heteroatoms. The third kappa shape index (κ3) is 2.50. The van der Waals surface area contributed by atoms with E-state index in [-0.39, 0.29) is 5.82 Å². The van der Waals surface area contributed by atoms with Gasteiger partial charge in [-0.05, 0) is 47.9 Å². The fourth-order valence-corrected chi connectivity index (χ4v) is 1.76. The second-order valence-corrected chi connectivity index (χ2v) is 3.96. The first-order valence-corrected chi connectivity index (χ1v) is 5.24. The van der Waals surface area contributed by atoms with Crippen molar-refractivity contribution in [2.24, 2.45) is 5.73 Å². The largest absolute Gasteiger partial charge is 0.366 e. The van der Waals surface area contributed by atoms with Gasteiger partial charge in [-0.1, -0.05) is 18.2 Å². The minimum atomic E-state index is -0.480. The average Bonchev–Trinajstić information content (AvgIpc) is 2.28. The zero-order valence-electron chi connectivity index (χ0n) is 9.41. The summed E-state index contributed by atoms with van der Waals surface area (Å²) in [6.07, 6.45) is 0. The summed E-state index contributed by atoms with van der Waals surface area (Å²) in [5.74, 6) is -0.781. The number of benzene rings is 2. The van der Waals surface area contributed by atoms with E-state index < -0.39 is 5.91 Å². The Balaban J connectivity index is 2.56. The first kappa shape index (κ1) is 11.3. The van der Waals surface area contributed by atoms with Crippen molar-refractivity contribution in [1.29, 1.82) is 0 Å². The highest BCUT2D eigenvalue weighted by Crippen LogP contribution is 2.22. The van der Waals surface area contributed by atoms with Crippen LogP contribution in [-0.4, -0.2) is 5.91 Å². The lowest BCUT2D eigenvalue weighted by molar-refractivity contribution is 0.1000. The van der Waals surface area contributed by atoms with Crippen LogP contribution in [-0.2, 0) is 0 Å². The molecule has 2 aromatic carbocycles. The van der Waals surface area contributed by atoms with Crippen LogP contribution in [0.2, 0.25) is 0 Å². The van der Waals surface area contributed by atoms with Gasteiger partial charge in [0.05, 0.1) is 0 Å². The molecule has 86 valence electrons. The Morgan fingerprint density at radius 2 is 1.88 bits per heavy atom. The SMILES string of the molecule is Cc1cc(C(N)=O)cc(-c2cccc(F)c2)c1. The molecule has 0 aliphatic carbocycles. The first-order valence-electron chi connectivity index (χ1n) is 5.24. The molecule has 1 amide bonds. The number of aryl methyl sites for hydroxylation is 1. The molecule has 0 heterocycles. The minimum Gasteiger partial charge on any atom is -0.366 e. The molecule has 0 spiro atoms. The van der Waals surface area contributed by atoms with Crippen LogP contribution in [0.3, 0.4) is 0 Å². The van der Waals surface area contributed by atoms with Crippen LogP contribution in [0, 0.1) is 12.7 Å². The van der Waals surface area contributed by atoms with Gasteiger partial charge in [-0.25, -0.2) is 4.39 Å². The van der Waals surface area contributed by atoms with Crippen LogP contribution in [0.25, 0.3) is 11.1 Å². The summed E-state index contributed by atoms with van der Waals surface area (Å²) >= 11 is 0. The fourth-order valence-electron chi connectivity index (χ4n) is 1.76. The number of hydrogen-bond acceptors (Lipinski definition) is 1. The summed E-state index contributed by atoms with van der Waals surface area (Å²) in [5, 5.41) is 0. The number of hydrogen-bond donors (Lipinski definition) is 1. The number of halogens is 1. The number of rotatable bonds is 2. The standard InChI is InChI=1S/C14H12FNO/c1-9-5-11(7-12(6-9)14(16)17)10-3-2-4-13(15)8-10/h2-8H,1H3,(H2,16,17). The normalized spacial score (nSPS) is 10.2. The number of nitrogens with two attached hydrogens (primary N) is 1. The second-order valence-electron chi connectivity index (χ2n) is 3.96. The van der Waals surface area contributed by atoms with Gasteiger partial charge in [-0.2, -0.15) is 0 Å². The van der Waals surface area contributed by atoms with E-state index in [2.05, 4.69) is 0 Å². The maximum Gasteiger partial charge on any atom is 0.248 e. The molecule has 0 saturated heterocycles. The van der Waals surface area contributed by atoms with E-state index in [1.165, 1.54) is 12.1 Å². The molecule has 0 bridgehead atoms. The lowest BCUT2D eigenvalue weighted by Crippen LogP contribution is -2.11. The molecule has 0 saturated carbocycles. The smallest absolute Gasteiger partial charge is 0.248 e. The summed E-state index contributed by atoms with van der Waals surface area (Å²) < 4.78 is 13.1. The molecule has 0 aliphatic heterocycles. The quantitative estimate of drug-likeness (QED) is 0.845. The second kappa shape index (κ2) is 4.37. The number of primary amides is 1. The van der Waals surface area contributed by atoms with E-state index in [0.717, 1.165) is 16.7 Å². The third-order valence-corrected chi connectivity index (χ3v) is 2.52. The van der Waals surface area contributed by atoms with Crippen LogP contribution in [0.1, 0.15) is 15.9 Å². The maximum absolute atomic E-state index is 13.1. The van der Waals surface area contributed by atoms with Crippen LogP contribution >= 0.6 is 0 Å². The third-order valence-electron chi connectivity index (χ3n) is 2.52. The minimum absolute atomic E-state index is 0.301. The van der Waals surface area contributed by atoms with Crippen molar-refractivity contribution in [2.75, 3.05) is 0 Å². The highest BCUT2D eigenvalue weighted by molar-refractivity contribution is 5.94. The molecule has 0 aromatic heterocycles. The van der Waals surface area contributed by atoms with Gasteiger partial charge < -0.3 is 5.73 Å². The summed E-state index contributed by atoms with van der Waals surface area (Å²) in [6.45, 7) is 1.87. The van der Waals surface area contributed by atoms with E-state index in [1.807, 2.05) is 13.0 Å². The molecular formula is C14H12FNO. The Hall–Kier alpha value is -2.16. The zero-order chi connectivity index (χ0) is 12.4. The highest BCUT2D eigenvalue weighted by Gasteiger charge is 2.05. The Bertz CT molecular complexity index is 578. The topological polar surface area (TPSA) is 43.1 Å². The van der Waals surface area contributed by atoms with Crippen LogP contribution < -0.4 is 5.73 Å². The Morgan fingerprint density at radius 3 is 2.53 bits per heavy atom. The lowest BCUT2D eigenvalue weighted by atomic mass is 10.00. The van der Waals surface area contributed by atoms with Gasteiger partial charge in [0.25, 0.3) is 0 Å². The van der Waals surface area contributed by atoms with Crippen LogP contribution in [0.4, 0.5) is 4.39 Å². The summed E-state index contributed by atoms with van der Waals surface area (Å²) in [7, 11) is 0. The molecule has 2 nitrogen and oxygen atoms in total. The summed E-state index contributed by atoms with van der Waals surface area (Å²) in [4.78, 5) is 11.2. The van der Waals surface area contributed by atoms with Gasteiger partial charge >= 0.3 is 0 Å². The molecule has 0 atom stereocenters. The molecule has 0 aliphatic rings. The lowest BCUT2D eigenvalue weighted by Gasteiger charge is -2.06. The van der Waals surface area contributed by atoms with Crippen molar-refractivity contribution >= 4 is 5.91 Å². The molecule has 2 rings (SSSR count). The molecular weight excluding hydrogens is 217 g/mol. The van der Waals surface area contributed by atoms with Crippen molar-refractivity contribution in [3.8, 4) is 11.1 Å². The van der Waals surface area contributed by atoms with Gasteiger partial charge in [-0.3, -0.25) is 4.79 Å². The Morgan fingerprint density at radius 1 is 1.12 bits per heavy atom. The van der Waals surface area contributed by atoms with Gasteiger partial charge in [-0.15, -0.1) is 0 Å². The Labute approximate surface area is 98.9 Å². The highest BCUT2D eigenvalue weighted by atomic mass is 19.1. The predicted molar refractivity (Wildman–Crippen MR) is 65.1 cm³/mol. The zero-order valence-corrected chi connectivity index (χ0v) is 9.41. The average molecular weight is 229 g/mol. The number of carbonyl (C=O) groups excluding carboxylic acids is 1. The van der Waals surface area contributed by atoms with Gasteiger partial charge in [0.2, 0.25) is 5.91 Å². The summed E-state index contributed by atoms with van der Waals surface area (Å²) in [5.41, 5.74) is 8.12. The van der Waals surface area contributed by atoms with Gasteiger partial charge in [0.15, 0.2) is 0 Å². The van der Waals surface area contributed by atoms with Crippen molar-refractivity contribution < 1.29 is 9.18 Å². The predicted octanol–water partition coefficient (Wildman–Crippen LogP) is 2.90. The van der Waals surface area contributed by atoms with Gasteiger partial charge in [0, 0.05) is 5.56 Å². The van der Waals surface area contributed by atoms with Crippen molar-refractivity contribution in [3.05, 3.63) is 59.4 Å². The molecule has 0 fully saturated rings. The van der Waals surface area contributed by atoms with E-state index in [9.17, 15) is 9.18 Å².